The van der Waals surface area contributed by atoms with Gasteiger partial charge in [0.15, 0.2) is 0 Å². The van der Waals surface area contributed by atoms with Crippen LogP contribution >= 0.6 is 0 Å². The average molecular weight is 127 g/mol. The molecule has 0 rings (SSSR count). The minimum absolute atomic E-state index is 0.245. The van der Waals surface area contributed by atoms with E-state index in [2.05, 4.69) is 32.7 Å². The summed E-state index contributed by atoms with van der Waals surface area (Å²) >= 11 is 0. The Morgan fingerprint density at radius 1 is 1.56 bits per heavy atom. The number of nitrogens with one attached hydrogen (secondary N) is 1. The summed E-state index contributed by atoms with van der Waals surface area (Å²) in [4.78, 5) is 0. The fraction of sp³-hybridized carbons (Fsp3) is 0.750. The maximum atomic E-state index is 3.91. The third kappa shape index (κ3) is 2.66. The fourth-order valence-electron chi connectivity index (χ4n) is 0.593. The van der Waals surface area contributed by atoms with Crippen molar-refractivity contribution in [3.8, 4) is 0 Å². The van der Waals surface area contributed by atoms with Crippen LogP contribution in [0.25, 0.3) is 0 Å². The number of hydrogen-bond acceptors (Lipinski definition) is 1. The Morgan fingerprint density at radius 2 is 2.00 bits per heavy atom. The normalized spacial score (nSPS) is 11.6. The summed E-state index contributed by atoms with van der Waals surface area (Å²) in [6.45, 7) is 11.3. The summed E-state index contributed by atoms with van der Waals surface area (Å²) < 4.78 is 0. The molecule has 0 saturated heterocycles. The molecule has 0 amide bonds. The SMILES string of the molecule is C=C(C)C(C)(C)CNC. The highest BCUT2D eigenvalue weighted by Gasteiger charge is 2.16. The Balaban J connectivity index is 3.85. The van der Waals surface area contributed by atoms with E-state index in [1.807, 2.05) is 7.05 Å². The first-order chi connectivity index (χ1) is 4.00. The van der Waals surface area contributed by atoms with Gasteiger partial charge in [-0.2, -0.15) is 0 Å². The van der Waals surface area contributed by atoms with E-state index in [0.717, 1.165) is 6.54 Å². The van der Waals surface area contributed by atoms with Crippen LogP contribution in [0.3, 0.4) is 0 Å². The van der Waals surface area contributed by atoms with Crippen LogP contribution in [-0.4, -0.2) is 13.6 Å². The lowest BCUT2D eigenvalue weighted by molar-refractivity contribution is 0.426. The maximum Gasteiger partial charge on any atom is 0.00367 e. The quantitative estimate of drug-likeness (QED) is 0.570. The van der Waals surface area contributed by atoms with Crippen molar-refractivity contribution in [3.05, 3.63) is 12.2 Å². The van der Waals surface area contributed by atoms with Gasteiger partial charge in [-0.25, -0.2) is 0 Å². The van der Waals surface area contributed by atoms with Gasteiger partial charge < -0.3 is 5.32 Å². The predicted octanol–water partition coefficient (Wildman–Crippen LogP) is 1.81. The van der Waals surface area contributed by atoms with E-state index in [0.29, 0.717) is 0 Å². The van der Waals surface area contributed by atoms with E-state index in [9.17, 15) is 0 Å². The highest BCUT2D eigenvalue weighted by Crippen LogP contribution is 2.22. The van der Waals surface area contributed by atoms with E-state index in [1.165, 1.54) is 5.57 Å². The molecule has 0 bridgehead atoms. The zero-order valence-corrected chi connectivity index (χ0v) is 6.91. The second-order valence-corrected chi connectivity index (χ2v) is 3.19. The van der Waals surface area contributed by atoms with Crippen molar-refractivity contribution >= 4 is 0 Å². The summed E-state index contributed by atoms with van der Waals surface area (Å²) in [5.74, 6) is 0. The van der Waals surface area contributed by atoms with Crippen LogP contribution in [0.15, 0.2) is 12.2 Å². The lowest BCUT2D eigenvalue weighted by atomic mass is 9.86. The molecular formula is C8H17N. The van der Waals surface area contributed by atoms with Crippen molar-refractivity contribution in [1.82, 2.24) is 5.32 Å². The molecule has 0 aromatic rings. The molecule has 9 heavy (non-hydrogen) atoms. The third-order valence-electron chi connectivity index (χ3n) is 1.77. The molecule has 0 aliphatic rings. The molecule has 0 radical (unpaired) electrons. The molecule has 54 valence electrons. The van der Waals surface area contributed by atoms with Crippen molar-refractivity contribution in [2.24, 2.45) is 5.41 Å². The number of hydrogen-bond donors (Lipinski definition) is 1. The Morgan fingerprint density at radius 3 is 2.11 bits per heavy atom. The Bertz CT molecular complexity index is 103. The molecule has 0 saturated carbocycles. The number of rotatable bonds is 3. The average Bonchev–Trinajstić information content (AvgIpc) is 1.65. The molecule has 1 nitrogen and oxygen atoms in total. The summed E-state index contributed by atoms with van der Waals surface area (Å²) in [6, 6.07) is 0. The van der Waals surface area contributed by atoms with Crippen LogP contribution in [0.1, 0.15) is 20.8 Å². The van der Waals surface area contributed by atoms with Crippen LogP contribution < -0.4 is 5.32 Å². The van der Waals surface area contributed by atoms with Gasteiger partial charge in [-0.3, -0.25) is 0 Å². The van der Waals surface area contributed by atoms with Gasteiger partial charge in [0.25, 0.3) is 0 Å². The Kier molecular flexibility index (Phi) is 2.92. The lowest BCUT2D eigenvalue weighted by Gasteiger charge is -2.24. The highest BCUT2D eigenvalue weighted by atomic mass is 14.8. The van der Waals surface area contributed by atoms with Crippen LogP contribution in [-0.2, 0) is 0 Å². The molecule has 0 atom stereocenters. The van der Waals surface area contributed by atoms with E-state index < -0.39 is 0 Å². The van der Waals surface area contributed by atoms with Gasteiger partial charge >= 0.3 is 0 Å². The summed E-state index contributed by atoms with van der Waals surface area (Å²) in [5, 5.41) is 3.13. The van der Waals surface area contributed by atoms with Crippen LogP contribution in [0, 0.1) is 5.41 Å². The second-order valence-electron chi connectivity index (χ2n) is 3.19. The molecule has 0 aromatic carbocycles. The molecule has 1 heteroatoms. The smallest absolute Gasteiger partial charge is 0.00367 e. The van der Waals surface area contributed by atoms with Crippen molar-refractivity contribution in [2.45, 2.75) is 20.8 Å². The zero-order valence-electron chi connectivity index (χ0n) is 6.91. The van der Waals surface area contributed by atoms with Crippen molar-refractivity contribution < 1.29 is 0 Å². The standard InChI is InChI=1S/C8H17N/c1-7(2)8(3,4)6-9-5/h9H,1,6H2,2-5H3. The summed E-state index contributed by atoms with van der Waals surface area (Å²) in [6.07, 6.45) is 0. The van der Waals surface area contributed by atoms with E-state index in [1.54, 1.807) is 0 Å². The molecule has 0 spiro atoms. The van der Waals surface area contributed by atoms with Gasteiger partial charge in [-0.15, -0.1) is 0 Å². The highest BCUT2D eigenvalue weighted by molar-refractivity contribution is 5.03. The van der Waals surface area contributed by atoms with E-state index in [4.69, 9.17) is 0 Å². The molecule has 0 aliphatic carbocycles. The lowest BCUT2D eigenvalue weighted by Crippen LogP contribution is -2.27. The van der Waals surface area contributed by atoms with Crippen LogP contribution in [0.5, 0.6) is 0 Å². The molecular weight excluding hydrogens is 110 g/mol. The van der Waals surface area contributed by atoms with Gasteiger partial charge in [0.2, 0.25) is 0 Å². The summed E-state index contributed by atoms with van der Waals surface area (Å²) in [7, 11) is 1.96. The summed E-state index contributed by atoms with van der Waals surface area (Å²) in [5.41, 5.74) is 1.48. The van der Waals surface area contributed by atoms with Gasteiger partial charge in [-0.1, -0.05) is 26.0 Å². The second kappa shape index (κ2) is 3.02. The minimum Gasteiger partial charge on any atom is -0.319 e. The largest absolute Gasteiger partial charge is 0.319 e. The van der Waals surface area contributed by atoms with Crippen molar-refractivity contribution in [1.29, 1.82) is 0 Å². The van der Waals surface area contributed by atoms with Crippen LogP contribution in [0.2, 0.25) is 0 Å². The molecule has 0 unspecified atom stereocenters. The maximum absolute atomic E-state index is 3.91. The van der Waals surface area contributed by atoms with Gasteiger partial charge in [0.1, 0.15) is 0 Å². The molecule has 1 N–H and O–H groups in total. The predicted molar refractivity (Wildman–Crippen MR) is 42.5 cm³/mol. The van der Waals surface area contributed by atoms with E-state index >= 15 is 0 Å². The Hall–Kier alpha value is -0.300. The fourth-order valence-corrected chi connectivity index (χ4v) is 0.593. The van der Waals surface area contributed by atoms with Gasteiger partial charge in [-0.05, 0) is 19.4 Å². The first-order valence-corrected chi connectivity index (χ1v) is 3.31. The van der Waals surface area contributed by atoms with Crippen molar-refractivity contribution in [2.75, 3.05) is 13.6 Å². The molecule has 0 aliphatic heterocycles. The molecule has 0 heterocycles. The van der Waals surface area contributed by atoms with Crippen LogP contribution in [0.4, 0.5) is 0 Å². The molecule has 0 aromatic heterocycles. The van der Waals surface area contributed by atoms with Gasteiger partial charge in [0.05, 0.1) is 0 Å². The topological polar surface area (TPSA) is 12.0 Å². The van der Waals surface area contributed by atoms with E-state index in [-0.39, 0.29) is 5.41 Å². The van der Waals surface area contributed by atoms with Crippen molar-refractivity contribution in [3.63, 3.8) is 0 Å². The molecule has 0 fully saturated rings. The zero-order chi connectivity index (χ0) is 7.49. The van der Waals surface area contributed by atoms with Gasteiger partial charge in [0, 0.05) is 6.54 Å². The monoisotopic (exact) mass is 127 g/mol. The third-order valence-corrected chi connectivity index (χ3v) is 1.77. The minimum atomic E-state index is 0.245. The Labute approximate surface area is 58.2 Å². The first kappa shape index (κ1) is 8.70. The first-order valence-electron chi connectivity index (χ1n) is 3.31.